The van der Waals surface area contributed by atoms with E-state index >= 15 is 19.2 Å². The number of carbonyl (C=O) groups excluding carboxylic acids is 21. The highest BCUT2D eigenvalue weighted by Crippen LogP contribution is 2.27. The van der Waals surface area contributed by atoms with Crippen LogP contribution in [0.4, 0.5) is 0 Å². The molecular weight excluding hydrogens is 1870 g/mol. The number of nitrogens with zero attached hydrogens (tertiary/aromatic N) is 7. The highest BCUT2D eigenvalue weighted by molar-refractivity contribution is 6.03. The van der Waals surface area contributed by atoms with Crippen molar-refractivity contribution in [3.63, 3.8) is 0 Å². The molecule has 2 aromatic heterocycles. The van der Waals surface area contributed by atoms with Gasteiger partial charge in [-0.1, -0.05) is 80.4 Å². The third-order valence-corrected chi connectivity index (χ3v) is 27.1. The molecule has 7 saturated heterocycles. The number of carbonyl (C=O) groups is 21. The monoisotopic (exact) mass is 2000 g/mol. The van der Waals surface area contributed by atoms with Crippen molar-refractivity contribution < 1.29 is 101 Å². The van der Waals surface area contributed by atoms with E-state index in [4.69, 9.17) is 16.9 Å². The first-order chi connectivity index (χ1) is 69.2. The summed E-state index contributed by atoms with van der Waals surface area (Å²) >= 11 is 0. The molecule has 7 aliphatic heterocycles. The number of hydrogen-bond acceptors (Lipinski definition) is 23. The van der Waals surface area contributed by atoms with Crippen LogP contribution in [0, 0.1) is 5.41 Å². The van der Waals surface area contributed by atoms with Gasteiger partial charge in [0.1, 0.15) is 78.5 Å². The Kier molecular flexibility index (Phi) is 38.9. The lowest BCUT2D eigenvalue weighted by Crippen LogP contribution is -2.61. The van der Waals surface area contributed by atoms with Crippen molar-refractivity contribution in [2.75, 3.05) is 91.6 Å². The fraction of sp³-hybridized carbons (Fsp3) is 0.552. The fourth-order valence-corrected chi connectivity index (χ4v) is 19.5. The van der Waals surface area contributed by atoms with Gasteiger partial charge in [-0.25, -0.2) is 4.98 Å². The van der Waals surface area contributed by atoms with Crippen molar-refractivity contribution in [1.29, 1.82) is 5.41 Å². The Morgan fingerprint density at radius 2 is 0.910 bits per heavy atom. The number of rotatable bonds is 35. The number of amides is 21. The van der Waals surface area contributed by atoms with Crippen molar-refractivity contribution in [3.05, 3.63) is 102 Å². The molecule has 21 amide bonds. The summed E-state index contributed by atoms with van der Waals surface area (Å²) in [7, 11) is 0. The van der Waals surface area contributed by atoms with E-state index in [1.54, 1.807) is 24.4 Å². The van der Waals surface area contributed by atoms with Gasteiger partial charge in [0, 0.05) is 108 Å². The normalized spacial score (nSPS) is 22.8. The SMILES string of the molecule is CCCC[C@H](NC(=O)CNC(=O)[C@@H]1CCCN1C(=O)CNC(=O)[C@@H]1CCCN1C(=O)CNC(=O)[C@@H]1CCCN1C(=O)CNC(=O)[C@@H]1CCCN1C(=O)CNC(=O)[C@@H]1CCCN1C(=O)CNC(=O)[C@@H]1CCCN1C(C)=O)C(=O)N[C@H]1CC(=O)NCCCC[C@@H](C(N)=O)NC(=O)[C@H](Cc2c[nH]c3ccccc23)NC(=O)[C@H](CCCNC(=N)N)NC(=O)[C@@H](Cc2ccc3ccccc3c2)NC(=O)[C@H](Cc2cnc[nH]2)NC1=O. The molecule has 0 unspecified atom stereocenters. The summed E-state index contributed by atoms with van der Waals surface area (Å²) in [5, 5.41) is 49.9. The molecule has 7 aliphatic rings. The molecule has 0 spiro atoms. The predicted molar refractivity (Wildman–Crippen MR) is 517 cm³/mol. The molecule has 0 aliphatic carbocycles. The maximum absolute atomic E-state index is 15.3. The third kappa shape index (κ3) is 29.5. The molecule has 144 heavy (non-hydrogen) atoms. The zero-order valence-corrected chi connectivity index (χ0v) is 80.8. The van der Waals surface area contributed by atoms with E-state index < -0.39 is 236 Å². The van der Waals surface area contributed by atoms with Crippen molar-refractivity contribution in [2.45, 2.75) is 246 Å². The standard InChI is InChI=1S/C96H131N27O21/c1-3-4-21-64(84(133)117-69-45-76(125)101-33-10-9-23-63(83(97)132)112-87(136)67(43-59-46-103-62-22-8-7-20-61(59)62)115-85(134)65(24-11-34-102-96(98)99)113-86(135)66(42-56-31-32-57-18-5-6-19-58(57)41-56)114-88(137)68(116-89(69)138)44-60-47-100-54-110-60)111-77(126)48-104-91(140)71-26-13-36-119(71)79(128)50-106-93(142)73-28-15-38-121(73)81(130)52-108-95(144)75-30-17-40-123(75)82(131)53-109-94(143)74-29-16-39-122(74)80(129)51-107-92(141)72-27-14-37-120(72)78(127)49-105-90(139)70-25-12-35-118(70)55(2)124/h5-8,18-20,22,31-32,41,46-47,54,63-75,103H,3-4,9-17,21,23-30,33-40,42-45,48-53H2,1-2H3,(H2,97,132)(H,100,110)(H,101,125)(H,104,140)(H,105,139)(H,106,142)(H,107,141)(H,108,144)(H,109,143)(H,111,126)(H,112,136)(H,113,135)(H,114,137)(H,115,134)(H,116,138)(H,117,133)(H4,98,99,102)/t63-,64-,65-,66+,67-,68-,69-,70-,71-,72-,73-,74-,75-/m0/s1. The van der Waals surface area contributed by atoms with Crippen molar-refractivity contribution in [2.24, 2.45) is 11.5 Å². The first-order valence-electron chi connectivity index (χ1n) is 49.4. The summed E-state index contributed by atoms with van der Waals surface area (Å²) in [5.41, 5.74) is 13.7. The molecule has 12 rings (SSSR count). The van der Waals surface area contributed by atoms with Crippen LogP contribution in [0.2, 0.25) is 0 Å². The molecule has 48 heteroatoms. The van der Waals surface area contributed by atoms with Gasteiger partial charge in [0.25, 0.3) is 0 Å². The van der Waals surface area contributed by atoms with E-state index in [1.807, 2.05) is 55.5 Å². The molecule has 13 atom stereocenters. The highest BCUT2D eigenvalue weighted by Gasteiger charge is 2.44. The number of H-pyrrole nitrogens is 2. The number of nitrogens with one attached hydrogen (secondary N) is 18. The van der Waals surface area contributed by atoms with E-state index in [2.05, 4.69) is 94.7 Å². The summed E-state index contributed by atoms with van der Waals surface area (Å²) in [6.45, 7) is 1.02. The molecule has 0 bridgehead atoms. The molecule has 3 aromatic carbocycles. The predicted octanol–water partition coefficient (Wildman–Crippen LogP) is -5.24. The average molecular weight is 2000 g/mol. The second kappa shape index (κ2) is 52.0. The molecule has 48 nitrogen and oxygen atoms in total. The number of unbranched alkanes of at least 4 members (excludes halogenated alkanes) is 1. The number of nitrogens with two attached hydrogens (primary N) is 2. The van der Waals surface area contributed by atoms with Gasteiger partial charge in [-0.2, -0.15) is 0 Å². The minimum Gasteiger partial charge on any atom is -0.370 e. The number of guanidine groups is 1. The molecule has 7 fully saturated rings. The van der Waals surface area contributed by atoms with E-state index in [1.165, 1.54) is 48.8 Å². The number of hydrogen-bond donors (Lipinski definition) is 20. The summed E-state index contributed by atoms with van der Waals surface area (Å²) in [5.74, 6) is -15.7. The molecule has 0 saturated carbocycles. The minimum atomic E-state index is -1.82. The van der Waals surface area contributed by atoms with Crippen molar-refractivity contribution >= 4 is 152 Å². The van der Waals surface area contributed by atoms with Crippen LogP contribution in [0.1, 0.15) is 166 Å². The van der Waals surface area contributed by atoms with E-state index in [9.17, 15) is 81.5 Å². The van der Waals surface area contributed by atoms with Gasteiger partial charge in [-0.05, 0) is 144 Å². The van der Waals surface area contributed by atoms with E-state index in [-0.39, 0.29) is 148 Å². The van der Waals surface area contributed by atoms with Crippen LogP contribution in [0.15, 0.2) is 85.5 Å². The Labute approximate surface area is 829 Å². The molecule has 22 N–H and O–H groups in total. The van der Waals surface area contributed by atoms with Gasteiger partial charge in [0.2, 0.25) is 124 Å². The molecule has 776 valence electrons. The van der Waals surface area contributed by atoms with Crippen LogP contribution in [-0.4, -0.2) is 345 Å². The Bertz CT molecular complexity index is 5580. The number of para-hydroxylation sites is 1. The van der Waals surface area contributed by atoms with Crippen LogP contribution in [0.3, 0.4) is 0 Å². The Hall–Kier alpha value is -15.2. The van der Waals surface area contributed by atoms with E-state index in [0.717, 1.165) is 21.7 Å². The first kappa shape index (κ1) is 108. The van der Waals surface area contributed by atoms with E-state index in [0.29, 0.717) is 87.6 Å². The van der Waals surface area contributed by atoms with Gasteiger partial charge in [-0.3, -0.25) is 106 Å². The van der Waals surface area contributed by atoms with Crippen LogP contribution in [0.25, 0.3) is 21.7 Å². The zero-order valence-electron chi connectivity index (χ0n) is 80.8. The first-order valence-corrected chi connectivity index (χ1v) is 49.4. The lowest BCUT2D eigenvalue weighted by Gasteiger charge is -2.28. The number of imidazole rings is 1. The second-order valence-corrected chi connectivity index (χ2v) is 37.2. The number of fused-ring (bicyclic) bond motifs is 2. The summed E-state index contributed by atoms with van der Waals surface area (Å²) in [6, 6.07) is 3.51. The number of benzene rings is 3. The molecule has 5 aromatic rings. The summed E-state index contributed by atoms with van der Waals surface area (Å²) < 4.78 is 0. The maximum Gasteiger partial charge on any atom is 0.243 e. The number of likely N-dealkylation sites (tertiary alicyclic amines) is 6. The highest BCUT2D eigenvalue weighted by atomic mass is 16.2. The Morgan fingerprint density at radius 1 is 0.465 bits per heavy atom. The van der Waals surface area contributed by atoms with Gasteiger partial charge >= 0.3 is 0 Å². The van der Waals surface area contributed by atoms with Gasteiger partial charge < -0.3 is 131 Å². The molecule has 9 heterocycles. The lowest BCUT2D eigenvalue weighted by atomic mass is 9.99. The lowest BCUT2D eigenvalue weighted by molar-refractivity contribution is -0.142. The average Bonchev–Trinajstić information content (AvgIpc) is 1.69. The van der Waals surface area contributed by atoms with Crippen LogP contribution < -0.4 is 91.2 Å². The van der Waals surface area contributed by atoms with Gasteiger partial charge in [0.05, 0.1) is 52.0 Å². The summed E-state index contributed by atoms with van der Waals surface area (Å²) in [4.78, 5) is 312. The number of aromatic nitrogens is 3. The van der Waals surface area contributed by atoms with Crippen molar-refractivity contribution in [3.8, 4) is 0 Å². The number of primary amides is 1. The Morgan fingerprint density at radius 3 is 1.40 bits per heavy atom. The topological polar surface area (TPSA) is 679 Å². The van der Waals surface area contributed by atoms with Crippen molar-refractivity contribution in [1.82, 2.24) is 124 Å². The second-order valence-electron chi connectivity index (χ2n) is 37.2. The Balaban J connectivity index is 0.634. The summed E-state index contributed by atoms with van der Waals surface area (Å²) in [6.07, 6.45) is 8.18. The van der Waals surface area contributed by atoms with Gasteiger partial charge in [0.15, 0.2) is 5.96 Å². The molecular formula is C96H131N27O21. The van der Waals surface area contributed by atoms with Crippen LogP contribution >= 0.6 is 0 Å². The van der Waals surface area contributed by atoms with Crippen LogP contribution in [0.5, 0.6) is 0 Å². The van der Waals surface area contributed by atoms with Crippen LogP contribution in [-0.2, 0) is 120 Å². The molecule has 0 radical (unpaired) electrons. The largest absolute Gasteiger partial charge is 0.370 e. The maximum atomic E-state index is 15.3. The third-order valence-electron chi connectivity index (χ3n) is 27.1. The smallest absolute Gasteiger partial charge is 0.243 e. The zero-order chi connectivity index (χ0) is 103. The van der Waals surface area contributed by atoms with Gasteiger partial charge in [-0.15, -0.1) is 0 Å². The fourth-order valence-electron chi connectivity index (χ4n) is 19.5. The number of aromatic amines is 2. The quantitative estimate of drug-likeness (QED) is 0.0102. The minimum absolute atomic E-state index is 0.0456.